The van der Waals surface area contributed by atoms with Crippen molar-refractivity contribution in [2.75, 3.05) is 26.2 Å². The molecule has 1 aliphatic rings. The summed E-state index contributed by atoms with van der Waals surface area (Å²) >= 11 is 0. The average Bonchev–Trinajstić information content (AvgIpc) is 2.55. The van der Waals surface area contributed by atoms with E-state index in [-0.39, 0.29) is 17.8 Å². The van der Waals surface area contributed by atoms with E-state index in [4.69, 9.17) is 4.74 Å². The highest BCUT2D eigenvalue weighted by molar-refractivity contribution is 5.96. The molecule has 7 heteroatoms. The zero-order valence-electron chi connectivity index (χ0n) is 13.3. The Labute approximate surface area is 135 Å². The van der Waals surface area contributed by atoms with Crippen LogP contribution in [0.3, 0.4) is 0 Å². The van der Waals surface area contributed by atoms with Gasteiger partial charge >= 0.3 is 6.03 Å². The van der Waals surface area contributed by atoms with Crippen molar-refractivity contribution in [3.8, 4) is 0 Å². The molecule has 126 valence electrons. The van der Waals surface area contributed by atoms with Crippen molar-refractivity contribution >= 4 is 11.9 Å². The molecular formula is C16H22FN3O3. The first-order valence-corrected chi connectivity index (χ1v) is 7.71. The molecule has 1 heterocycles. The second kappa shape index (κ2) is 8.03. The summed E-state index contributed by atoms with van der Waals surface area (Å²) in [6.07, 6.45) is -0.218. The Morgan fingerprint density at radius 2 is 2.09 bits per heavy atom. The Kier molecular flexibility index (Phi) is 6.06. The lowest BCUT2D eigenvalue weighted by molar-refractivity contribution is -0.128. The number of ether oxygens (including phenoxy) is 1. The van der Waals surface area contributed by atoms with Gasteiger partial charge in [0.25, 0.3) is 0 Å². The quantitative estimate of drug-likeness (QED) is 0.879. The summed E-state index contributed by atoms with van der Waals surface area (Å²) < 4.78 is 18.7. The van der Waals surface area contributed by atoms with Gasteiger partial charge in [-0.15, -0.1) is 0 Å². The molecule has 0 spiro atoms. The number of urea groups is 1. The van der Waals surface area contributed by atoms with Crippen molar-refractivity contribution < 1.29 is 18.7 Å². The van der Waals surface area contributed by atoms with E-state index >= 15 is 0 Å². The minimum Gasteiger partial charge on any atom is -0.371 e. The zero-order valence-corrected chi connectivity index (χ0v) is 13.3. The maximum absolute atomic E-state index is 13.0. The van der Waals surface area contributed by atoms with Gasteiger partial charge in [0.1, 0.15) is 5.82 Å². The topological polar surface area (TPSA) is 70.7 Å². The number of amides is 3. The van der Waals surface area contributed by atoms with Crippen LogP contribution in [0.5, 0.6) is 0 Å². The number of rotatable bonds is 4. The van der Waals surface area contributed by atoms with Gasteiger partial charge < -0.3 is 10.1 Å². The van der Waals surface area contributed by atoms with Crippen molar-refractivity contribution in [1.82, 2.24) is 15.5 Å². The van der Waals surface area contributed by atoms with Crippen LogP contribution in [0.1, 0.15) is 25.5 Å². The van der Waals surface area contributed by atoms with Crippen LogP contribution in [-0.4, -0.2) is 49.1 Å². The van der Waals surface area contributed by atoms with Crippen LogP contribution >= 0.6 is 0 Å². The van der Waals surface area contributed by atoms with E-state index in [9.17, 15) is 14.0 Å². The molecule has 2 unspecified atom stereocenters. The Morgan fingerprint density at radius 1 is 1.39 bits per heavy atom. The fourth-order valence-electron chi connectivity index (χ4n) is 2.49. The second-order valence-corrected chi connectivity index (χ2v) is 5.43. The molecule has 0 aliphatic carbocycles. The molecule has 0 radical (unpaired) electrons. The fraction of sp³-hybridized carbons (Fsp3) is 0.500. The minimum atomic E-state index is -0.493. The van der Waals surface area contributed by atoms with Crippen molar-refractivity contribution in [1.29, 1.82) is 0 Å². The standard InChI is InChI=1S/C16H22FN3O3/c1-3-18-16(22)19-15(21)11(2)20-8-9-23-14(10-20)12-4-6-13(17)7-5-12/h4-7,11,14H,3,8-10H2,1-2H3,(H2,18,19,21,22). The zero-order chi connectivity index (χ0) is 16.8. The van der Waals surface area contributed by atoms with Crippen LogP contribution < -0.4 is 10.6 Å². The summed E-state index contributed by atoms with van der Waals surface area (Å²) in [5.41, 5.74) is 0.868. The van der Waals surface area contributed by atoms with Crippen LogP contribution in [0.4, 0.5) is 9.18 Å². The third-order valence-corrected chi connectivity index (χ3v) is 3.84. The number of halogens is 1. The largest absolute Gasteiger partial charge is 0.371 e. The summed E-state index contributed by atoms with van der Waals surface area (Å²) in [6.45, 7) is 5.57. The highest BCUT2D eigenvalue weighted by atomic mass is 19.1. The van der Waals surface area contributed by atoms with Crippen molar-refractivity contribution in [3.63, 3.8) is 0 Å². The van der Waals surface area contributed by atoms with E-state index in [2.05, 4.69) is 10.6 Å². The Hall–Kier alpha value is -1.99. The first kappa shape index (κ1) is 17.4. The number of benzene rings is 1. The van der Waals surface area contributed by atoms with Crippen molar-refractivity contribution in [2.24, 2.45) is 0 Å². The van der Waals surface area contributed by atoms with E-state index in [1.807, 2.05) is 4.90 Å². The third-order valence-electron chi connectivity index (χ3n) is 3.84. The van der Waals surface area contributed by atoms with Crippen LogP contribution in [-0.2, 0) is 9.53 Å². The molecular weight excluding hydrogens is 301 g/mol. The van der Waals surface area contributed by atoms with E-state index in [1.54, 1.807) is 26.0 Å². The predicted octanol–water partition coefficient (Wildman–Crippen LogP) is 1.43. The van der Waals surface area contributed by atoms with E-state index in [0.29, 0.717) is 26.2 Å². The Balaban J connectivity index is 1.95. The monoisotopic (exact) mass is 323 g/mol. The molecule has 2 atom stereocenters. The van der Waals surface area contributed by atoms with Crippen molar-refractivity contribution in [2.45, 2.75) is 26.0 Å². The SMILES string of the molecule is CCNC(=O)NC(=O)C(C)N1CCOC(c2ccc(F)cc2)C1. The molecule has 0 bridgehead atoms. The molecule has 2 rings (SSSR count). The first-order chi connectivity index (χ1) is 11.0. The van der Waals surface area contributed by atoms with Crippen molar-refractivity contribution in [3.05, 3.63) is 35.6 Å². The lowest BCUT2D eigenvalue weighted by Gasteiger charge is -2.36. The molecule has 1 aliphatic heterocycles. The number of hydrogen-bond acceptors (Lipinski definition) is 4. The molecule has 0 saturated carbocycles. The number of carbonyl (C=O) groups is 2. The normalized spacial score (nSPS) is 19.9. The number of nitrogens with zero attached hydrogens (tertiary/aromatic N) is 1. The highest BCUT2D eigenvalue weighted by Gasteiger charge is 2.29. The number of carbonyl (C=O) groups excluding carboxylic acids is 2. The predicted molar refractivity (Wildman–Crippen MR) is 83.3 cm³/mol. The molecule has 2 N–H and O–H groups in total. The maximum Gasteiger partial charge on any atom is 0.321 e. The van der Waals surface area contributed by atoms with Gasteiger partial charge in [0.2, 0.25) is 5.91 Å². The van der Waals surface area contributed by atoms with E-state index in [1.165, 1.54) is 12.1 Å². The van der Waals surface area contributed by atoms with Gasteiger partial charge in [-0.25, -0.2) is 9.18 Å². The average molecular weight is 323 g/mol. The minimum absolute atomic E-state index is 0.218. The first-order valence-electron chi connectivity index (χ1n) is 7.71. The molecule has 1 saturated heterocycles. The summed E-state index contributed by atoms with van der Waals surface area (Å²) in [5, 5.41) is 4.84. The Bertz CT molecular complexity index is 550. The number of imide groups is 1. The molecule has 1 aromatic rings. The van der Waals surface area contributed by atoms with Crippen LogP contribution in [0.2, 0.25) is 0 Å². The summed E-state index contributed by atoms with van der Waals surface area (Å²) in [4.78, 5) is 25.5. The molecule has 3 amide bonds. The van der Waals surface area contributed by atoms with Crippen LogP contribution in [0, 0.1) is 5.82 Å². The van der Waals surface area contributed by atoms with Crippen LogP contribution in [0.15, 0.2) is 24.3 Å². The maximum atomic E-state index is 13.0. The lowest BCUT2D eigenvalue weighted by Crippen LogP contribution is -2.52. The third kappa shape index (κ3) is 4.74. The summed E-state index contributed by atoms with van der Waals surface area (Å²) in [6, 6.07) is 5.20. The number of nitrogens with one attached hydrogen (secondary N) is 2. The number of hydrogen-bond donors (Lipinski definition) is 2. The van der Waals surface area contributed by atoms with Gasteiger partial charge in [0.15, 0.2) is 0 Å². The van der Waals surface area contributed by atoms with Gasteiger partial charge in [0, 0.05) is 19.6 Å². The highest BCUT2D eigenvalue weighted by Crippen LogP contribution is 2.23. The fourth-order valence-corrected chi connectivity index (χ4v) is 2.49. The van der Waals surface area contributed by atoms with E-state index < -0.39 is 12.1 Å². The van der Waals surface area contributed by atoms with Gasteiger partial charge in [-0.05, 0) is 31.5 Å². The van der Waals surface area contributed by atoms with Gasteiger partial charge in [-0.2, -0.15) is 0 Å². The molecule has 23 heavy (non-hydrogen) atoms. The Morgan fingerprint density at radius 3 is 2.74 bits per heavy atom. The van der Waals surface area contributed by atoms with Gasteiger partial charge in [-0.3, -0.25) is 15.0 Å². The van der Waals surface area contributed by atoms with Crippen LogP contribution in [0.25, 0.3) is 0 Å². The second-order valence-electron chi connectivity index (χ2n) is 5.43. The molecule has 6 nitrogen and oxygen atoms in total. The summed E-state index contributed by atoms with van der Waals surface area (Å²) in [5.74, 6) is -0.646. The van der Waals surface area contributed by atoms with Gasteiger partial charge in [0.05, 0.1) is 18.8 Å². The molecule has 1 fully saturated rings. The molecule has 0 aromatic heterocycles. The number of morpholine rings is 1. The smallest absolute Gasteiger partial charge is 0.321 e. The van der Waals surface area contributed by atoms with E-state index in [0.717, 1.165) is 5.56 Å². The summed E-state index contributed by atoms with van der Waals surface area (Å²) in [7, 11) is 0. The lowest BCUT2D eigenvalue weighted by atomic mass is 10.1. The van der Waals surface area contributed by atoms with Gasteiger partial charge in [-0.1, -0.05) is 12.1 Å². The molecule has 1 aromatic carbocycles.